The summed E-state index contributed by atoms with van der Waals surface area (Å²) in [4.78, 5) is 9.26. The van der Waals surface area contributed by atoms with Gasteiger partial charge >= 0.3 is 6.18 Å². The van der Waals surface area contributed by atoms with E-state index in [2.05, 4.69) is 16.8 Å². The van der Waals surface area contributed by atoms with Crippen LogP contribution >= 0.6 is 11.3 Å². The Bertz CT molecular complexity index is 740. The smallest absolute Gasteiger partial charge is 0.346 e. The molecule has 0 aliphatic carbocycles. The van der Waals surface area contributed by atoms with Gasteiger partial charge in [0.1, 0.15) is 0 Å². The number of alkyl halides is 3. The lowest BCUT2D eigenvalue weighted by Crippen LogP contribution is -2.44. The molecular formula is C20H26F3N3S. The molecule has 1 aliphatic rings. The molecule has 1 unspecified atom stereocenters. The molecule has 7 heteroatoms. The zero-order valence-corrected chi connectivity index (χ0v) is 17.0. The Morgan fingerprint density at radius 1 is 1.00 bits per heavy atom. The molecule has 2 heterocycles. The zero-order valence-electron chi connectivity index (χ0n) is 16.2. The highest BCUT2D eigenvalue weighted by Gasteiger charge is 2.47. The van der Waals surface area contributed by atoms with Crippen LogP contribution in [0.2, 0.25) is 0 Å². The zero-order chi connectivity index (χ0) is 19.8. The molecule has 0 spiro atoms. The van der Waals surface area contributed by atoms with E-state index in [0.29, 0.717) is 5.56 Å². The first-order valence-corrected chi connectivity index (χ1v) is 10.00. The van der Waals surface area contributed by atoms with Crippen molar-refractivity contribution in [1.82, 2.24) is 9.88 Å². The lowest BCUT2D eigenvalue weighted by molar-refractivity contribution is -0.171. The highest BCUT2D eigenvalue weighted by atomic mass is 32.1. The highest BCUT2D eigenvalue weighted by molar-refractivity contribution is 7.14. The summed E-state index contributed by atoms with van der Waals surface area (Å²) in [6, 6.07) is 6.69. The number of likely N-dealkylation sites (N-methyl/N-ethyl adjacent to an activating group) is 1. The summed E-state index contributed by atoms with van der Waals surface area (Å²) in [5.41, 5.74) is 1.08. The molecule has 1 atom stereocenters. The number of hydrogen-bond donors (Lipinski definition) is 0. The minimum atomic E-state index is -4.27. The van der Waals surface area contributed by atoms with Gasteiger partial charge in [-0.1, -0.05) is 45.0 Å². The largest absolute Gasteiger partial charge is 0.396 e. The monoisotopic (exact) mass is 397 g/mol. The normalized spacial score (nSPS) is 18.0. The van der Waals surface area contributed by atoms with Gasteiger partial charge in [0, 0.05) is 37.1 Å². The summed E-state index contributed by atoms with van der Waals surface area (Å²) in [5.74, 6) is -1.49. The Labute approximate surface area is 162 Å². The van der Waals surface area contributed by atoms with E-state index in [1.807, 2.05) is 5.38 Å². The topological polar surface area (TPSA) is 19.4 Å². The number of piperazine rings is 1. The molecule has 2 aromatic rings. The van der Waals surface area contributed by atoms with E-state index in [1.54, 1.807) is 56.4 Å². The maximum atomic E-state index is 13.5. The summed E-state index contributed by atoms with van der Waals surface area (Å²) in [6.07, 6.45) is -4.27. The van der Waals surface area contributed by atoms with Gasteiger partial charge in [0.2, 0.25) is 0 Å². The van der Waals surface area contributed by atoms with Crippen molar-refractivity contribution in [3.63, 3.8) is 0 Å². The second-order valence-corrected chi connectivity index (χ2v) is 9.10. The summed E-state index contributed by atoms with van der Waals surface area (Å²) in [5, 5.41) is 2.96. The molecule has 1 aromatic carbocycles. The van der Waals surface area contributed by atoms with E-state index in [4.69, 9.17) is 4.98 Å². The summed E-state index contributed by atoms with van der Waals surface area (Å²) in [7, 11) is 2.11. The molecule has 1 aromatic heterocycles. The molecule has 1 aliphatic heterocycles. The van der Waals surface area contributed by atoms with E-state index >= 15 is 0 Å². The summed E-state index contributed by atoms with van der Waals surface area (Å²) < 4.78 is 40.6. The third-order valence-electron chi connectivity index (χ3n) is 5.00. The van der Waals surface area contributed by atoms with Crippen LogP contribution in [-0.4, -0.2) is 49.3 Å². The number of thiazole rings is 1. The van der Waals surface area contributed by atoms with E-state index in [9.17, 15) is 13.2 Å². The Balaban J connectivity index is 1.80. The quantitative estimate of drug-likeness (QED) is 0.705. The van der Waals surface area contributed by atoms with Crippen LogP contribution in [-0.2, 0) is 0 Å². The van der Waals surface area contributed by atoms with Crippen molar-refractivity contribution in [3.8, 4) is 11.3 Å². The standard InChI is InChI=1S/C20H26F3N3S/c1-19(2,3)17(20(21,22)23)15-7-5-14(6-8-15)16-13-27-18(24-16)26-11-9-25(4)10-12-26/h5-8,13,17H,9-12H2,1-4H3. The van der Waals surface area contributed by atoms with Gasteiger partial charge in [-0.3, -0.25) is 0 Å². The fraction of sp³-hybridized carbons (Fsp3) is 0.550. The summed E-state index contributed by atoms with van der Waals surface area (Å²) >= 11 is 1.59. The third-order valence-corrected chi connectivity index (χ3v) is 5.90. The molecular weight excluding hydrogens is 371 g/mol. The van der Waals surface area contributed by atoms with Gasteiger partial charge in [-0.25, -0.2) is 4.98 Å². The van der Waals surface area contributed by atoms with E-state index in [1.165, 1.54) is 0 Å². The van der Waals surface area contributed by atoms with Gasteiger partial charge < -0.3 is 9.80 Å². The molecule has 0 amide bonds. The number of nitrogens with zero attached hydrogens (tertiary/aromatic N) is 3. The molecule has 0 saturated carbocycles. The van der Waals surface area contributed by atoms with Gasteiger partial charge in [0.25, 0.3) is 0 Å². The Morgan fingerprint density at radius 2 is 1.59 bits per heavy atom. The average molecular weight is 398 g/mol. The van der Waals surface area contributed by atoms with Crippen molar-refractivity contribution in [2.45, 2.75) is 32.9 Å². The highest BCUT2D eigenvalue weighted by Crippen LogP contribution is 2.47. The molecule has 0 radical (unpaired) electrons. The minimum absolute atomic E-state index is 0.299. The maximum Gasteiger partial charge on any atom is 0.396 e. The molecule has 148 valence electrons. The lowest BCUT2D eigenvalue weighted by Gasteiger charge is -2.33. The number of halogens is 3. The van der Waals surface area contributed by atoms with Gasteiger partial charge in [-0.2, -0.15) is 13.2 Å². The fourth-order valence-corrected chi connectivity index (χ4v) is 4.45. The number of benzene rings is 1. The van der Waals surface area contributed by atoms with Crippen LogP contribution in [0.5, 0.6) is 0 Å². The van der Waals surface area contributed by atoms with E-state index in [-0.39, 0.29) is 0 Å². The predicted octanol–water partition coefficient (Wildman–Crippen LogP) is 5.25. The number of anilines is 1. The molecule has 27 heavy (non-hydrogen) atoms. The first-order chi connectivity index (χ1) is 12.6. The summed E-state index contributed by atoms with van der Waals surface area (Å²) in [6.45, 7) is 8.79. The Kier molecular flexibility index (Phi) is 5.54. The fourth-order valence-electron chi connectivity index (χ4n) is 3.57. The van der Waals surface area contributed by atoms with Crippen LogP contribution in [0.25, 0.3) is 11.3 Å². The van der Waals surface area contributed by atoms with Crippen LogP contribution < -0.4 is 4.90 Å². The third kappa shape index (κ3) is 4.63. The minimum Gasteiger partial charge on any atom is -0.346 e. The van der Waals surface area contributed by atoms with Crippen LogP contribution in [0.4, 0.5) is 18.3 Å². The van der Waals surface area contributed by atoms with E-state index < -0.39 is 17.5 Å². The van der Waals surface area contributed by atoms with Crippen molar-refractivity contribution >= 4 is 16.5 Å². The number of aromatic nitrogens is 1. The molecule has 3 rings (SSSR count). The maximum absolute atomic E-state index is 13.5. The Morgan fingerprint density at radius 3 is 2.11 bits per heavy atom. The van der Waals surface area contributed by atoms with Crippen LogP contribution in [0.1, 0.15) is 32.3 Å². The van der Waals surface area contributed by atoms with Crippen molar-refractivity contribution in [2.24, 2.45) is 5.41 Å². The van der Waals surface area contributed by atoms with Crippen LogP contribution in [0, 0.1) is 5.41 Å². The first kappa shape index (κ1) is 20.1. The predicted molar refractivity (Wildman–Crippen MR) is 106 cm³/mol. The SMILES string of the molecule is CN1CCN(c2nc(-c3ccc(C(C(C)(C)C)C(F)(F)F)cc3)cs2)CC1. The molecule has 0 bridgehead atoms. The van der Waals surface area contributed by atoms with Crippen LogP contribution in [0.3, 0.4) is 0 Å². The van der Waals surface area contributed by atoms with E-state index in [0.717, 1.165) is 42.6 Å². The van der Waals surface area contributed by atoms with Gasteiger partial charge in [-0.15, -0.1) is 11.3 Å². The molecule has 1 fully saturated rings. The van der Waals surface area contributed by atoms with Gasteiger partial charge in [0.15, 0.2) is 5.13 Å². The average Bonchev–Trinajstić information content (AvgIpc) is 3.03. The second-order valence-electron chi connectivity index (χ2n) is 8.27. The first-order valence-electron chi connectivity index (χ1n) is 9.12. The second kappa shape index (κ2) is 7.43. The van der Waals surface area contributed by atoms with Crippen molar-refractivity contribution < 1.29 is 13.2 Å². The lowest BCUT2D eigenvalue weighted by atomic mass is 9.76. The van der Waals surface area contributed by atoms with Crippen molar-refractivity contribution in [1.29, 1.82) is 0 Å². The molecule has 1 saturated heterocycles. The number of hydrogen-bond acceptors (Lipinski definition) is 4. The molecule has 0 N–H and O–H groups in total. The number of rotatable bonds is 3. The Hall–Kier alpha value is -1.60. The van der Waals surface area contributed by atoms with Crippen molar-refractivity contribution in [2.75, 3.05) is 38.1 Å². The van der Waals surface area contributed by atoms with Crippen molar-refractivity contribution in [3.05, 3.63) is 35.2 Å². The molecule has 3 nitrogen and oxygen atoms in total. The van der Waals surface area contributed by atoms with Gasteiger partial charge in [-0.05, 0) is 18.0 Å². The van der Waals surface area contributed by atoms with Gasteiger partial charge in [0.05, 0.1) is 11.6 Å². The van der Waals surface area contributed by atoms with Crippen LogP contribution in [0.15, 0.2) is 29.6 Å².